The Hall–Kier alpha value is -3.79. The number of morpholine rings is 1. The fourth-order valence-corrected chi connectivity index (χ4v) is 3.15. The maximum Gasteiger partial charge on any atom is 0.272 e. The first-order chi connectivity index (χ1) is 14.6. The number of hydrogen-bond acceptors (Lipinski definition) is 7. The number of nitrogens with zero attached hydrogens (tertiary/aromatic N) is 5. The molecule has 0 aliphatic carbocycles. The molecule has 4 rings (SSSR count). The van der Waals surface area contributed by atoms with Crippen molar-refractivity contribution < 1.29 is 14.5 Å². The van der Waals surface area contributed by atoms with E-state index < -0.39 is 4.92 Å². The summed E-state index contributed by atoms with van der Waals surface area (Å²) in [5.41, 5.74) is 1.62. The second kappa shape index (κ2) is 8.70. The lowest BCUT2D eigenvalue weighted by atomic mass is 10.2. The summed E-state index contributed by atoms with van der Waals surface area (Å²) in [6.07, 6.45) is 3.32. The van der Waals surface area contributed by atoms with Gasteiger partial charge in [0.05, 0.1) is 23.8 Å². The Morgan fingerprint density at radius 1 is 1.20 bits per heavy atom. The molecule has 1 aliphatic rings. The van der Waals surface area contributed by atoms with Crippen LogP contribution in [0.5, 0.6) is 0 Å². The van der Waals surface area contributed by atoms with Crippen molar-refractivity contribution in [1.29, 1.82) is 0 Å². The first kappa shape index (κ1) is 19.5. The first-order valence-corrected chi connectivity index (χ1v) is 9.46. The Labute approximate surface area is 172 Å². The number of nitro groups is 1. The van der Waals surface area contributed by atoms with Gasteiger partial charge in [-0.25, -0.2) is 9.67 Å². The van der Waals surface area contributed by atoms with E-state index in [9.17, 15) is 14.9 Å². The lowest BCUT2D eigenvalue weighted by Crippen LogP contribution is -2.36. The van der Waals surface area contributed by atoms with Crippen LogP contribution in [0, 0.1) is 10.1 Å². The van der Waals surface area contributed by atoms with E-state index in [2.05, 4.69) is 20.3 Å². The van der Waals surface area contributed by atoms with Gasteiger partial charge in [-0.1, -0.05) is 6.07 Å². The zero-order valence-corrected chi connectivity index (χ0v) is 16.1. The molecule has 10 heteroatoms. The summed E-state index contributed by atoms with van der Waals surface area (Å²) in [6.45, 7) is 3.27. The standard InChI is InChI=1S/C20H20N6O4/c27-20(18-5-7-25(23-18)16-2-1-3-17(13-16)26(28)29)22-14-15-4-6-21-19(12-15)24-8-10-30-11-9-24/h1-7,12-13H,8-11,14H2,(H,22,27). The van der Waals surface area contributed by atoms with E-state index in [1.807, 2.05) is 12.1 Å². The largest absolute Gasteiger partial charge is 0.378 e. The summed E-state index contributed by atoms with van der Waals surface area (Å²) >= 11 is 0. The van der Waals surface area contributed by atoms with Crippen molar-refractivity contribution in [3.8, 4) is 5.69 Å². The molecular formula is C20H20N6O4. The second-order valence-corrected chi connectivity index (χ2v) is 6.73. The van der Waals surface area contributed by atoms with Gasteiger partial charge in [-0.3, -0.25) is 14.9 Å². The van der Waals surface area contributed by atoms with Crippen LogP contribution < -0.4 is 10.2 Å². The molecule has 0 radical (unpaired) electrons. The van der Waals surface area contributed by atoms with Crippen molar-refractivity contribution in [1.82, 2.24) is 20.1 Å². The zero-order chi connectivity index (χ0) is 20.9. The molecule has 0 saturated carbocycles. The number of non-ortho nitro benzene ring substituents is 1. The van der Waals surface area contributed by atoms with Crippen LogP contribution in [0.4, 0.5) is 11.5 Å². The quantitative estimate of drug-likeness (QED) is 0.489. The van der Waals surface area contributed by atoms with Gasteiger partial charge in [0.2, 0.25) is 0 Å². The van der Waals surface area contributed by atoms with Crippen LogP contribution in [0.3, 0.4) is 0 Å². The number of rotatable bonds is 6. The van der Waals surface area contributed by atoms with Gasteiger partial charge in [-0.05, 0) is 29.8 Å². The van der Waals surface area contributed by atoms with Crippen molar-refractivity contribution in [3.05, 3.63) is 76.2 Å². The molecule has 0 atom stereocenters. The van der Waals surface area contributed by atoms with Crippen molar-refractivity contribution in [2.75, 3.05) is 31.2 Å². The smallest absolute Gasteiger partial charge is 0.272 e. The number of ether oxygens (including phenoxy) is 1. The van der Waals surface area contributed by atoms with Crippen molar-refractivity contribution in [2.24, 2.45) is 0 Å². The van der Waals surface area contributed by atoms with Crippen LogP contribution in [0.2, 0.25) is 0 Å². The second-order valence-electron chi connectivity index (χ2n) is 6.73. The minimum absolute atomic E-state index is 0.0391. The molecule has 1 aromatic carbocycles. The number of pyridine rings is 1. The first-order valence-electron chi connectivity index (χ1n) is 9.46. The summed E-state index contributed by atoms with van der Waals surface area (Å²) < 4.78 is 6.80. The van der Waals surface area contributed by atoms with E-state index in [0.717, 1.165) is 24.5 Å². The molecule has 0 bridgehead atoms. The number of nitro benzene ring substituents is 1. The van der Waals surface area contributed by atoms with Gasteiger partial charge in [0, 0.05) is 44.2 Å². The molecule has 0 unspecified atom stereocenters. The van der Waals surface area contributed by atoms with Crippen molar-refractivity contribution in [3.63, 3.8) is 0 Å². The minimum Gasteiger partial charge on any atom is -0.378 e. The summed E-state index contributed by atoms with van der Waals surface area (Å²) in [5, 5.41) is 18.0. The van der Waals surface area contributed by atoms with Crippen LogP contribution in [0.25, 0.3) is 5.69 Å². The highest BCUT2D eigenvalue weighted by Crippen LogP contribution is 2.17. The predicted octanol–water partition coefficient (Wildman–Crippen LogP) is 1.94. The normalized spacial score (nSPS) is 13.8. The number of anilines is 1. The molecule has 1 N–H and O–H groups in total. The molecule has 1 amide bonds. The van der Waals surface area contributed by atoms with Crippen LogP contribution >= 0.6 is 0 Å². The van der Waals surface area contributed by atoms with E-state index in [1.54, 1.807) is 30.6 Å². The zero-order valence-electron chi connectivity index (χ0n) is 16.1. The van der Waals surface area contributed by atoms with Crippen LogP contribution in [0.1, 0.15) is 16.1 Å². The lowest BCUT2D eigenvalue weighted by Gasteiger charge is -2.28. The Balaban J connectivity index is 1.40. The molecule has 1 aliphatic heterocycles. The fraction of sp³-hybridized carbons (Fsp3) is 0.250. The fourth-order valence-electron chi connectivity index (χ4n) is 3.15. The van der Waals surface area contributed by atoms with Crippen molar-refractivity contribution >= 4 is 17.4 Å². The topological polar surface area (TPSA) is 115 Å². The third-order valence-electron chi connectivity index (χ3n) is 4.72. The number of hydrogen-bond donors (Lipinski definition) is 1. The number of benzene rings is 1. The molecule has 154 valence electrons. The Morgan fingerprint density at radius 2 is 2.03 bits per heavy atom. The number of aromatic nitrogens is 3. The average Bonchev–Trinajstić information content (AvgIpc) is 3.29. The monoisotopic (exact) mass is 408 g/mol. The lowest BCUT2D eigenvalue weighted by molar-refractivity contribution is -0.384. The van der Waals surface area contributed by atoms with Crippen LogP contribution in [-0.2, 0) is 11.3 Å². The summed E-state index contributed by atoms with van der Waals surface area (Å²) in [6, 6.07) is 11.4. The highest BCUT2D eigenvalue weighted by Gasteiger charge is 2.14. The van der Waals surface area contributed by atoms with E-state index in [4.69, 9.17) is 4.74 Å². The number of amides is 1. The molecule has 1 saturated heterocycles. The van der Waals surface area contributed by atoms with Gasteiger partial charge in [0.25, 0.3) is 11.6 Å². The summed E-state index contributed by atoms with van der Waals surface area (Å²) in [5.74, 6) is 0.531. The maximum atomic E-state index is 12.5. The van der Waals surface area contributed by atoms with Crippen LogP contribution in [-0.4, -0.2) is 51.9 Å². The van der Waals surface area contributed by atoms with E-state index >= 15 is 0 Å². The summed E-state index contributed by atoms with van der Waals surface area (Å²) in [7, 11) is 0. The third kappa shape index (κ3) is 4.44. The molecule has 1 fully saturated rings. The molecule has 10 nitrogen and oxygen atoms in total. The molecule has 0 spiro atoms. The SMILES string of the molecule is O=C(NCc1ccnc(N2CCOCC2)c1)c1ccn(-c2cccc([N+](=O)[O-])c2)n1. The highest BCUT2D eigenvalue weighted by molar-refractivity contribution is 5.92. The van der Waals surface area contributed by atoms with Gasteiger partial charge in [-0.2, -0.15) is 5.10 Å². The van der Waals surface area contributed by atoms with Gasteiger partial charge in [0.1, 0.15) is 5.82 Å². The van der Waals surface area contributed by atoms with Crippen LogP contribution in [0.15, 0.2) is 54.9 Å². The number of carbonyl (C=O) groups excluding carboxylic acids is 1. The number of nitrogens with one attached hydrogen (secondary N) is 1. The average molecular weight is 408 g/mol. The van der Waals surface area contributed by atoms with Gasteiger partial charge >= 0.3 is 0 Å². The Kier molecular flexibility index (Phi) is 5.66. The van der Waals surface area contributed by atoms with Gasteiger partial charge in [0.15, 0.2) is 5.69 Å². The Bertz CT molecular complexity index is 1060. The van der Waals surface area contributed by atoms with E-state index in [0.29, 0.717) is 25.4 Å². The van der Waals surface area contributed by atoms with Gasteiger partial charge < -0.3 is 15.0 Å². The molecular weight excluding hydrogens is 388 g/mol. The minimum atomic E-state index is -0.472. The number of carbonyl (C=O) groups is 1. The third-order valence-corrected chi connectivity index (χ3v) is 4.72. The molecule has 30 heavy (non-hydrogen) atoms. The van der Waals surface area contributed by atoms with Crippen molar-refractivity contribution in [2.45, 2.75) is 6.54 Å². The predicted molar refractivity (Wildman–Crippen MR) is 109 cm³/mol. The molecule has 3 aromatic rings. The Morgan fingerprint density at radius 3 is 2.83 bits per heavy atom. The molecule has 3 heterocycles. The maximum absolute atomic E-state index is 12.5. The summed E-state index contributed by atoms with van der Waals surface area (Å²) in [4.78, 5) is 29.5. The van der Waals surface area contributed by atoms with E-state index in [1.165, 1.54) is 16.8 Å². The van der Waals surface area contributed by atoms with E-state index in [-0.39, 0.29) is 17.3 Å². The highest BCUT2D eigenvalue weighted by atomic mass is 16.6. The molecule has 2 aromatic heterocycles. The van der Waals surface area contributed by atoms with Gasteiger partial charge in [-0.15, -0.1) is 0 Å².